The van der Waals surface area contributed by atoms with E-state index in [1.807, 2.05) is 42.5 Å². The van der Waals surface area contributed by atoms with Gasteiger partial charge in [-0.2, -0.15) is 0 Å². The molecule has 3 aromatic rings. The molecule has 2 aromatic carbocycles. The molecule has 3 rings (SSSR count). The second-order valence-electron chi connectivity index (χ2n) is 4.28. The van der Waals surface area contributed by atoms with Crippen LogP contribution in [-0.2, 0) is 0 Å². The van der Waals surface area contributed by atoms with Crippen molar-refractivity contribution in [1.29, 1.82) is 0 Å². The van der Waals surface area contributed by atoms with Crippen molar-refractivity contribution in [2.24, 2.45) is 0 Å². The Hall–Kier alpha value is -1.82. The molecule has 0 radical (unpaired) electrons. The molecule has 4 heteroatoms. The van der Waals surface area contributed by atoms with E-state index < -0.39 is 0 Å². The molecule has 0 unspecified atom stereocenters. The minimum absolute atomic E-state index is 0.332. The van der Waals surface area contributed by atoms with Gasteiger partial charge in [0.2, 0.25) is 0 Å². The Balaban J connectivity index is 2.38. The van der Waals surface area contributed by atoms with Crippen molar-refractivity contribution in [2.45, 2.75) is 0 Å². The zero-order valence-corrected chi connectivity index (χ0v) is 12.9. The number of benzene rings is 2. The van der Waals surface area contributed by atoms with Crippen LogP contribution in [0.15, 0.2) is 57.7 Å². The summed E-state index contributed by atoms with van der Waals surface area (Å²) in [6.45, 7) is 0. The highest BCUT2D eigenvalue weighted by molar-refractivity contribution is 14.1. The molecule has 1 aromatic heterocycles. The minimum atomic E-state index is -0.332. The van der Waals surface area contributed by atoms with E-state index in [1.54, 1.807) is 13.2 Å². The van der Waals surface area contributed by atoms with Crippen molar-refractivity contribution in [3.05, 3.63) is 62.5 Å². The van der Waals surface area contributed by atoms with E-state index in [2.05, 4.69) is 22.6 Å². The molecule has 0 fully saturated rings. The summed E-state index contributed by atoms with van der Waals surface area (Å²) >= 11 is 2.20. The van der Waals surface area contributed by atoms with Gasteiger partial charge in [-0.15, -0.1) is 0 Å². The Bertz CT molecular complexity index is 836. The fraction of sp³-hybridized carbons (Fsp3) is 0.0625. The lowest BCUT2D eigenvalue weighted by Gasteiger charge is -2.10. The number of hydrogen-bond acceptors (Lipinski definition) is 3. The van der Waals surface area contributed by atoms with Gasteiger partial charge in [-0.25, -0.2) is 4.79 Å². The molecular formula is C16H11IO3. The van der Waals surface area contributed by atoms with E-state index >= 15 is 0 Å². The van der Waals surface area contributed by atoms with Crippen LogP contribution >= 0.6 is 22.6 Å². The van der Waals surface area contributed by atoms with Gasteiger partial charge in [0.1, 0.15) is 5.75 Å². The Morgan fingerprint density at radius 3 is 2.40 bits per heavy atom. The molecule has 1 heterocycles. The summed E-state index contributed by atoms with van der Waals surface area (Å²) in [5.41, 5.74) is 0.448. The predicted molar refractivity (Wildman–Crippen MR) is 87.2 cm³/mol. The van der Waals surface area contributed by atoms with Gasteiger partial charge in [-0.3, -0.25) is 0 Å². The minimum Gasteiger partial charge on any atom is -0.496 e. The van der Waals surface area contributed by atoms with Crippen molar-refractivity contribution >= 4 is 33.4 Å². The van der Waals surface area contributed by atoms with Gasteiger partial charge in [0, 0.05) is 5.39 Å². The molecule has 0 spiro atoms. The van der Waals surface area contributed by atoms with E-state index in [0.29, 0.717) is 16.9 Å². The molecule has 0 amide bonds. The summed E-state index contributed by atoms with van der Waals surface area (Å²) in [4.78, 5) is 12.1. The second kappa shape index (κ2) is 5.28. The van der Waals surface area contributed by atoms with Gasteiger partial charge in [0.05, 0.1) is 21.6 Å². The Kier molecular flexibility index (Phi) is 3.48. The van der Waals surface area contributed by atoms with Gasteiger partial charge >= 0.3 is 5.63 Å². The lowest BCUT2D eigenvalue weighted by atomic mass is 10.1. The molecule has 3 nitrogen and oxygen atoms in total. The number of para-hydroxylation sites is 1. The monoisotopic (exact) mass is 378 g/mol. The topological polar surface area (TPSA) is 39.4 Å². The zero-order valence-electron chi connectivity index (χ0n) is 10.7. The first-order valence-electron chi connectivity index (χ1n) is 6.07. The van der Waals surface area contributed by atoms with Crippen molar-refractivity contribution in [1.82, 2.24) is 0 Å². The summed E-state index contributed by atoms with van der Waals surface area (Å²) in [7, 11) is 1.60. The van der Waals surface area contributed by atoms with Crippen LogP contribution in [0.1, 0.15) is 0 Å². The van der Waals surface area contributed by atoms with Crippen LogP contribution < -0.4 is 10.4 Å². The van der Waals surface area contributed by atoms with Gasteiger partial charge in [0.25, 0.3) is 0 Å². The number of halogens is 1. The van der Waals surface area contributed by atoms with E-state index in [4.69, 9.17) is 9.15 Å². The first-order valence-corrected chi connectivity index (χ1v) is 7.15. The van der Waals surface area contributed by atoms with Crippen LogP contribution in [0.25, 0.3) is 22.1 Å². The van der Waals surface area contributed by atoms with Gasteiger partial charge < -0.3 is 9.15 Å². The van der Waals surface area contributed by atoms with E-state index in [9.17, 15) is 4.79 Å². The number of fused-ring (bicyclic) bond motifs is 1. The van der Waals surface area contributed by atoms with Crippen LogP contribution in [0.3, 0.4) is 0 Å². The van der Waals surface area contributed by atoms with Crippen molar-refractivity contribution in [2.75, 3.05) is 7.11 Å². The SMILES string of the molecule is COc1ccccc1-c1oc(=O)c2ccccc2c1I. The maximum Gasteiger partial charge on any atom is 0.344 e. The molecule has 0 N–H and O–H groups in total. The summed E-state index contributed by atoms with van der Waals surface area (Å²) in [5, 5.41) is 1.49. The highest BCUT2D eigenvalue weighted by atomic mass is 127. The predicted octanol–water partition coefficient (Wildman–Crippen LogP) is 4.07. The third-order valence-corrected chi connectivity index (χ3v) is 4.20. The van der Waals surface area contributed by atoms with E-state index in [-0.39, 0.29) is 5.63 Å². The fourth-order valence-electron chi connectivity index (χ4n) is 2.17. The third-order valence-electron chi connectivity index (χ3n) is 3.13. The normalized spacial score (nSPS) is 10.7. The van der Waals surface area contributed by atoms with E-state index in [0.717, 1.165) is 14.5 Å². The number of rotatable bonds is 2. The molecular weight excluding hydrogens is 367 g/mol. The average Bonchev–Trinajstić information content (AvgIpc) is 2.51. The summed E-state index contributed by atoms with van der Waals surface area (Å²) < 4.78 is 11.8. The summed E-state index contributed by atoms with van der Waals surface area (Å²) in [6, 6.07) is 14.9. The van der Waals surface area contributed by atoms with Gasteiger partial charge in [-0.1, -0.05) is 30.3 Å². The molecule has 0 aliphatic rings. The van der Waals surface area contributed by atoms with Crippen molar-refractivity contribution in [3.63, 3.8) is 0 Å². The number of ether oxygens (including phenoxy) is 1. The van der Waals surface area contributed by atoms with Crippen LogP contribution in [0.4, 0.5) is 0 Å². The van der Waals surface area contributed by atoms with Crippen LogP contribution in [0, 0.1) is 3.57 Å². The maximum atomic E-state index is 12.1. The zero-order chi connectivity index (χ0) is 14.1. The van der Waals surface area contributed by atoms with Crippen molar-refractivity contribution < 1.29 is 9.15 Å². The molecule has 0 bridgehead atoms. The van der Waals surface area contributed by atoms with Crippen molar-refractivity contribution in [3.8, 4) is 17.1 Å². The van der Waals surface area contributed by atoms with E-state index in [1.165, 1.54) is 0 Å². The van der Waals surface area contributed by atoms with Crippen LogP contribution in [-0.4, -0.2) is 7.11 Å². The van der Waals surface area contributed by atoms with Gasteiger partial charge in [0.15, 0.2) is 5.76 Å². The molecule has 0 saturated carbocycles. The molecule has 0 atom stereocenters. The Morgan fingerprint density at radius 2 is 1.65 bits per heavy atom. The second-order valence-corrected chi connectivity index (χ2v) is 5.36. The van der Waals surface area contributed by atoms with Gasteiger partial charge in [-0.05, 0) is 40.8 Å². The Labute approximate surface area is 129 Å². The number of hydrogen-bond donors (Lipinski definition) is 0. The maximum absolute atomic E-state index is 12.1. The number of methoxy groups -OCH3 is 1. The van der Waals surface area contributed by atoms with Crippen LogP contribution in [0.5, 0.6) is 5.75 Å². The standard InChI is InChI=1S/C16H11IO3/c1-19-13-9-5-4-8-12(13)15-14(17)10-6-2-3-7-11(10)16(18)20-15/h2-9H,1H3. The Morgan fingerprint density at radius 1 is 1.00 bits per heavy atom. The quantitative estimate of drug-likeness (QED) is 0.631. The average molecular weight is 378 g/mol. The lowest BCUT2D eigenvalue weighted by molar-refractivity contribution is 0.413. The lowest BCUT2D eigenvalue weighted by Crippen LogP contribution is -2.03. The molecule has 100 valence electrons. The first kappa shape index (κ1) is 13.2. The summed E-state index contributed by atoms with van der Waals surface area (Å²) in [6.07, 6.45) is 0. The largest absolute Gasteiger partial charge is 0.496 e. The smallest absolute Gasteiger partial charge is 0.344 e. The summed E-state index contributed by atoms with van der Waals surface area (Å²) in [5.74, 6) is 1.23. The molecule has 0 saturated heterocycles. The third kappa shape index (κ3) is 2.10. The highest BCUT2D eigenvalue weighted by Gasteiger charge is 2.16. The molecule has 0 aliphatic heterocycles. The van der Waals surface area contributed by atoms with Crippen LogP contribution in [0.2, 0.25) is 0 Å². The molecule has 0 aliphatic carbocycles. The first-order chi connectivity index (χ1) is 9.72. The fourth-order valence-corrected chi connectivity index (χ4v) is 3.04. The highest BCUT2D eigenvalue weighted by Crippen LogP contribution is 2.34. The molecule has 20 heavy (non-hydrogen) atoms.